The smallest absolute Gasteiger partial charge is 0.251 e. The summed E-state index contributed by atoms with van der Waals surface area (Å²) in [4.78, 5) is 11.5. The summed E-state index contributed by atoms with van der Waals surface area (Å²) in [7, 11) is 1.66. The minimum atomic E-state index is -0.0213. The van der Waals surface area contributed by atoms with Gasteiger partial charge in [-0.1, -0.05) is 6.07 Å². The molecule has 0 saturated heterocycles. The second kappa shape index (κ2) is 3.93. The van der Waals surface area contributed by atoms with Crippen LogP contribution < -0.4 is 10.6 Å². The van der Waals surface area contributed by atoms with E-state index in [1.807, 2.05) is 25.1 Å². The van der Waals surface area contributed by atoms with Gasteiger partial charge in [0.15, 0.2) is 0 Å². The number of amides is 1. The minimum Gasteiger partial charge on any atom is -0.382 e. The van der Waals surface area contributed by atoms with Crippen LogP contribution in [0.4, 0.5) is 5.69 Å². The van der Waals surface area contributed by atoms with Gasteiger partial charge in [-0.05, 0) is 37.5 Å². The highest BCUT2D eigenvalue weighted by Gasteiger charge is 2.22. The lowest BCUT2D eigenvalue weighted by Crippen LogP contribution is -2.19. The van der Waals surface area contributed by atoms with Crippen LogP contribution in [0.5, 0.6) is 0 Å². The molecule has 0 radical (unpaired) electrons. The van der Waals surface area contributed by atoms with Gasteiger partial charge < -0.3 is 10.6 Å². The van der Waals surface area contributed by atoms with E-state index in [0.717, 1.165) is 16.8 Å². The molecule has 1 aromatic carbocycles. The summed E-state index contributed by atoms with van der Waals surface area (Å²) < 4.78 is 0. The molecule has 1 fully saturated rings. The lowest BCUT2D eigenvalue weighted by molar-refractivity contribution is 0.0962. The second-order valence-corrected chi connectivity index (χ2v) is 3.98. The molecule has 0 spiro atoms. The monoisotopic (exact) mass is 204 g/mol. The maximum atomic E-state index is 11.5. The summed E-state index contributed by atoms with van der Waals surface area (Å²) in [5.41, 5.74) is 2.87. The Morgan fingerprint density at radius 3 is 2.73 bits per heavy atom. The number of anilines is 1. The van der Waals surface area contributed by atoms with Gasteiger partial charge in [-0.25, -0.2) is 0 Å². The standard InChI is InChI=1S/C12H16N2O/c1-8-10(12(15)13-2)4-3-5-11(8)14-9-6-7-9/h3-5,9,14H,6-7H2,1-2H3,(H,13,15). The van der Waals surface area contributed by atoms with Gasteiger partial charge in [0.25, 0.3) is 5.91 Å². The number of hydrogen-bond donors (Lipinski definition) is 2. The molecule has 80 valence electrons. The molecule has 1 aromatic rings. The van der Waals surface area contributed by atoms with Gasteiger partial charge >= 0.3 is 0 Å². The Hall–Kier alpha value is -1.51. The predicted octanol–water partition coefficient (Wildman–Crippen LogP) is 1.93. The molecule has 1 aliphatic carbocycles. The predicted molar refractivity (Wildman–Crippen MR) is 61.2 cm³/mol. The molecule has 1 amide bonds. The molecule has 1 saturated carbocycles. The zero-order chi connectivity index (χ0) is 10.8. The van der Waals surface area contributed by atoms with Gasteiger partial charge in [-0.2, -0.15) is 0 Å². The van der Waals surface area contributed by atoms with Crippen LogP contribution in [-0.4, -0.2) is 19.0 Å². The Morgan fingerprint density at radius 1 is 1.40 bits per heavy atom. The fourth-order valence-corrected chi connectivity index (χ4v) is 1.62. The lowest BCUT2D eigenvalue weighted by atomic mass is 10.1. The van der Waals surface area contributed by atoms with Crippen molar-refractivity contribution >= 4 is 11.6 Å². The average Bonchev–Trinajstić information content (AvgIpc) is 3.04. The molecule has 2 rings (SSSR count). The maximum absolute atomic E-state index is 11.5. The molecule has 15 heavy (non-hydrogen) atoms. The van der Waals surface area contributed by atoms with Crippen LogP contribution in [0.1, 0.15) is 28.8 Å². The number of rotatable bonds is 3. The van der Waals surface area contributed by atoms with Crippen LogP contribution in [0.15, 0.2) is 18.2 Å². The number of nitrogens with one attached hydrogen (secondary N) is 2. The molecule has 0 bridgehead atoms. The Bertz CT molecular complexity index is 383. The second-order valence-electron chi connectivity index (χ2n) is 3.98. The molecule has 2 N–H and O–H groups in total. The van der Waals surface area contributed by atoms with Crippen LogP contribution in [0.25, 0.3) is 0 Å². The summed E-state index contributed by atoms with van der Waals surface area (Å²) in [6, 6.07) is 6.41. The Balaban J connectivity index is 2.27. The van der Waals surface area contributed by atoms with E-state index < -0.39 is 0 Å². The summed E-state index contributed by atoms with van der Waals surface area (Å²) in [5.74, 6) is -0.0213. The minimum absolute atomic E-state index is 0.0213. The van der Waals surface area contributed by atoms with Crippen molar-refractivity contribution < 1.29 is 4.79 Å². The van der Waals surface area contributed by atoms with E-state index >= 15 is 0 Å². The normalized spacial score (nSPS) is 14.8. The number of hydrogen-bond acceptors (Lipinski definition) is 2. The van der Waals surface area contributed by atoms with Gasteiger partial charge in [-0.15, -0.1) is 0 Å². The van der Waals surface area contributed by atoms with E-state index in [1.165, 1.54) is 12.8 Å². The Labute approximate surface area is 89.9 Å². The van der Waals surface area contributed by atoms with Gasteiger partial charge in [0.05, 0.1) is 0 Å². The third-order valence-corrected chi connectivity index (χ3v) is 2.74. The van der Waals surface area contributed by atoms with Crippen molar-refractivity contribution in [3.8, 4) is 0 Å². The van der Waals surface area contributed by atoms with Crippen molar-refractivity contribution in [3.05, 3.63) is 29.3 Å². The van der Waals surface area contributed by atoms with Crippen molar-refractivity contribution in [3.63, 3.8) is 0 Å². The van der Waals surface area contributed by atoms with E-state index in [9.17, 15) is 4.79 Å². The molecule has 0 heterocycles. The first-order valence-electron chi connectivity index (χ1n) is 5.30. The van der Waals surface area contributed by atoms with E-state index in [2.05, 4.69) is 10.6 Å². The first kappa shape index (κ1) is 10.0. The first-order valence-corrected chi connectivity index (χ1v) is 5.30. The molecular weight excluding hydrogens is 188 g/mol. The van der Waals surface area contributed by atoms with Gasteiger partial charge in [0.2, 0.25) is 0 Å². The van der Waals surface area contributed by atoms with Gasteiger partial charge in [0, 0.05) is 24.3 Å². The first-order chi connectivity index (χ1) is 7.22. The maximum Gasteiger partial charge on any atom is 0.251 e. The molecule has 0 aliphatic heterocycles. The van der Waals surface area contributed by atoms with Crippen molar-refractivity contribution in [1.82, 2.24) is 5.32 Å². The molecule has 3 nitrogen and oxygen atoms in total. The highest BCUT2D eigenvalue weighted by molar-refractivity contribution is 5.96. The lowest BCUT2D eigenvalue weighted by Gasteiger charge is -2.11. The van der Waals surface area contributed by atoms with E-state index in [-0.39, 0.29) is 5.91 Å². The van der Waals surface area contributed by atoms with Crippen molar-refractivity contribution in [2.45, 2.75) is 25.8 Å². The summed E-state index contributed by atoms with van der Waals surface area (Å²) in [6.45, 7) is 1.98. The highest BCUT2D eigenvalue weighted by Crippen LogP contribution is 2.27. The van der Waals surface area contributed by atoms with Crippen LogP contribution in [0.3, 0.4) is 0 Å². The van der Waals surface area contributed by atoms with Crippen LogP contribution >= 0.6 is 0 Å². The zero-order valence-corrected chi connectivity index (χ0v) is 9.13. The van der Waals surface area contributed by atoms with Gasteiger partial charge in [0.1, 0.15) is 0 Å². The molecule has 0 atom stereocenters. The topological polar surface area (TPSA) is 41.1 Å². The average molecular weight is 204 g/mol. The zero-order valence-electron chi connectivity index (χ0n) is 9.13. The Morgan fingerprint density at radius 2 is 2.13 bits per heavy atom. The van der Waals surface area contributed by atoms with Crippen LogP contribution in [-0.2, 0) is 0 Å². The number of carbonyl (C=O) groups excluding carboxylic acids is 1. The van der Waals surface area contributed by atoms with Crippen LogP contribution in [0.2, 0.25) is 0 Å². The highest BCUT2D eigenvalue weighted by atomic mass is 16.1. The fraction of sp³-hybridized carbons (Fsp3) is 0.417. The summed E-state index contributed by atoms with van der Waals surface area (Å²) in [5, 5.41) is 6.08. The van der Waals surface area contributed by atoms with Crippen molar-refractivity contribution in [1.29, 1.82) is 0 Å². The fourth-order valence-electron chi connectivity index (χ4n) is 1.62. The molecule has 0 aromatic heterocycles. The van der Waals surface area contributed by atoms with Crippen molar-refractivity contribution in [2.75, 3.05) is 12.4 Å². The Kier molecular flexibility index (Phi) is 2.62. The third kappa shape index (κ3) is 2.12. The van der Waals surface area contributed by atoms with Gasteiger partial charge in [-0.3, -0.25) is 4.79 Å². The molecule has 0 unspecified atom stereocenters. The molecule has 1 aliphatic rings. The third-order valence-electron chi connectivity index (χ3n) is 2.74. The summed E-state index contributed by atoms with van der Waals surface area (Å²) >= 11 is 0. The molecular formula is C12H16N2O. The summed E-state index contributed by atoms with van der Waals surface area (Å²) in [6.07, 6.45) is 2.48. The van der Waals surface area contributed by atoms with Crippen LogP contribution in [0, 0.1) is 6.92 Å². The quantitative estimate of drug-likeness (QED) is 0.790. The number of carbonyl (C=O) groups is 1. The van der Waals surface area contributed by atoms with E-state index in [0.29, 0.717) is 6.04 Å². The molecule has 3 heteroatoms. The van der Waals surface area contributed by atoms with E-state index in [4.69, 9.17) is 0 Å². The SMILES string of the molecule is CNC(=O)c1cccc(NC2CC2)c1C. The van der Waals surface area contributed by atoms with Crippen molar-refractivity contribution in [2.24, 2.45) is 0 Å². The number of benzene rings is 1. The largest absolute Gasteiger partial charge is 0.382 e. The van der Waals surface area contributed by atoms with E-state index in [1.54, 1.807) is 7.05 Å².